The lowest BCUT2D eigenvalue weighted by Crippen LogP contribution is -2.00. The Hall–Kier alpha value is -1.89. The van der Waals surface area contributed by atoms with Gasteiger partial charge in [-0.05, 0) is 25.0 Å². The highest BCUT2D eigenvalue weighted by molar-refractivity contribution is 6.09. The highest BCUT2D eigenvalue weighted by atomic mass is 16.1. The second-order valence-electron chi connectivity index (χ2n) is 3.72. The highest BCUT2D eigenvalue weighted by Crippen LogP contribution is 2.11. The first-order valence-electron chi connectivity index (χ1n) is 5.05. The van der Waals surface area contributed by atoms with E-state index >= 15 is 0 Å². The fourth-order valence-electron chi connectivity index (χ4n) is 1.48. The van der Waals surface area contributed by atoms with Crippen molar-refractivity contribution in [2.24, 2.45) is 0 Å². The summed E-state index contributed by atoms with van der Waals surface area (Å²) in [6.07, 6.45) is 0. The zero-order valence-electron chi connectivity index (χ0n) is 8.94. The van der Waals surface area contributed by atoms with Gasteiger partial charge in [-0.25, -0.2) is 0 Å². The quantitative estimate of drug-likeness (QED) is 0.692. The maximum atomic E-state index is 12.0. The zero-order valence-corrected chi connectivity index (χ0v) is 8.94. The predicted octanol–water partition coefficient (Wildman–Crippen LogP) is 3.28. The molecule has 0 aliphatic rings. The molecule has 0 aliphatic carbocycles. The smallest absolute Gasteiger partial charge is 0.193 e. The number of benzene rings is 2. The molecule has 0 heterocycles. The van der Waals surface area contributed by atoms with Gasteiger partial charge in [0.15, 0.2) is 5.78 Å². The van der Waals surface area contributed by atoms with Crippen molar-refractivity contribution in [1.29, 1.82) is 0 Å². The van der Waals surface area contributed by atoms with E-state index in [1.807, 2.05) is 24.3 Å². The van der Waals surface area contributed by atoms with Crippen molar-refractivity contribution in [3.8, 4) is 0 Å². The number of carbonyl (C=O) groups is 1. The maximum Gasteiger partial charge on any atom is 0.193 e. The lowest BCUT2D eigenvalue weighted by Gasteiger charge is -2.02. The summed E-state index contributed by atoms with van der Waals surface area (Å²) in [5.41, 5.74) is 3.18. The molecule has 0 saturated carbocycles. The minimum absolute atomic E-state index is 0.0278. The van der Waals surface area contributed by atoms with Crippen LogP contribution in [-0.2, 0) is 0 Å². The van der Waals surface area contributed by atoms with Gasteiger partial charge in [0.1, 0.15) is 0 Å². The summed E-state index contributed by atoms with van der Waals surface area (Å²) in [5.74, 6) is 0.0278. The molecule has 2 radical (unpaired) electrons. The molecule has 0 fully saturated rings. The molecular formula is C15H12O. The Labute approximate surface area is 95.7 Å². The SMILES string of the molecule is [CH2]c1ccc(C(=O)c2ccc([CH2])cc2)cc1. The second-order valence-corrected chi connectivity index (χ2v) is 3.72. The lowest BCUT2D eigenvalue weighted by molar-refractivity contribution is 0.103. The van der Waals surface area contributed by atoms with Crippen LogP contribution in [0.25, 0.3) is 0 Å². The molecule has 0 saturated heterocycles. The molecule has 2 rings (SSSR count). The Balaban J connectivity index is 2.32. The monoisotopic (exact) mass is 208 g/mol. The third-order valence-electron chi connectivity index (χ3n) is 2.43. The molecule has 0 aromatic heterocycles. The van der Waals surface area contributed by atoms with Crippen molar-refractivity contribution in [2.75, 3.05) is 0 Å². The molecule has 0 N–H and O–H groups in total. The summed E-state index contributed by atoms with van der Waals surface area (Å²) in [5, 5.41) is 0. The van der Waals surface area contributed by atoms with Gasteiger partial charge >= 0.3 is 0 Å². The van der Waals surface area contributed by atoms with Crippen molar-refractivity contribution < 1.29 is 4.79 Å². The first-order valence-corrected chi connectivity index (χ1v) is 5.05. The van der Waals surface area contributed by atoms with Gasteiger partial charge in [-0.1, -0.05) is 48.5 Å². The van der Waals surface area contributed by atoms with Crippen LogP contribution >= 0.6 is 0 Å². The summed E-state index contributed by atoms with van der Waals surface area (Å²) in [6, 6.07) is 14.5. The van der Waals surface area contributed by atoms with E-state index in [1.165, 1.54) is 0 Å². The molecule has 0 spiro atoms. The van der Waals surface area contributed by atoms with E-state index in [0.29, 0.717) is 11.1 Å². The summed E-state index contributed by atoms with van der Waals surface area (Å²) in [7, 11) is 0. The van der Waals surface area contributed by atoms with Crippen molar-refractivity contribution in [3.05, 3.63) is 84.6 Å². The van der Waals surface area contributed by atoms with E-state index in [2.05, 4.69) is 13.8 Å². The molecule has 16 heavy (non-hydrogen) atoms. The molecule has 2 aromatic rings. The Bertz CT molecular complexity index is 444. The number of hydrogen-bond donors (Lipinski definition) is 0. The lowest BCUT2D eigenvalue weighted by atomic mass is 10.0. The third kappa shape index (κ3) is 2.19. The van der Waals surface area contributed by atoms with E-state index in [9.17, 15) is 4.79 Å². The van der Waals surface area contributed by atoms with Crippen LogP contribution in [0, 0.1) is 13.8 Å². The summed E-state index contributed by atoms with van der Waals surface area (Å²) >= 11 is 0. The maximum absolute atomic E-state index is 12.0. The van der Waals surface area contributed by atoms with Crippen molar-refractivity contribution in [2.45, 2.75) is 0 Å². The van der Waals surface area contributed by atoms with Crippen molar-refractivity contribution >= 4 is 5.78 Å². The van der Waals surface area contributed by atoms with Crippen molar-refractivity contribution in [3.63, 3.8) is 0 Å². The number of ketones is 1. The molecule has 0 atom stereocenters. The van der Waals surface area contributed by atoms with Crippen LogP contribution < -0.4 is 0 Å². The molecule has 78 valence electrons. The zero-order chi connectivity index (χ0) is 11.5. The number of rotatable bonds is 2. The normalized spacial score (nSPS) is 10.1. The van der Waals surface area contributed by atoms with Gasteiger partial charge in [-0.3, -0.25) is 4.79 Å². The molecular weight excluding hydrogens is 196 g/mol. The standard InChI is InChI=1S/C15H12O/c1-11-3-7-13(8-4-11)15(16)14-9-5-12(2)6-10-14/h3-10H,1-2H2. The van der Waals surface area contributed by atoms with Gasteiger partial charge in [0.2, 0.25) is 0 Å². The Kier molecular flexibility index (Phi) is 2.86. The minimum Gasteiger partial charge on any atom is -0.289 e. The fraction of sp³-hybridized carbons (Fsp3) is 0. The van der Waals surface area contributed by atoms with Crippen LogP contribution in [0.5, 0.6) is 0 Å². The largest absolute Gasteiger partial charge is 0.289 e. The first-order chi connectivity index (χ1) is 7.66. The third-order valence-corrected chi connectivity index (χ3v) is 2.43. The van der Waals surface area contributed by atoms with Gasteiger partial charge in [0, 0.05) is 11.1 Å². The van der Waals surface area contributed by atoms with Crippen LogP contribution in [0.2, 0.25) is 0 Å². The van der Waals surface area contributed by atoms with Crippen LogP contribution in [0.1, 0.15) is 27.0 Å². The van der Waals surface area contributed by atoms with E-state index in [-0.39, 0.29) is 5.78 Å². The Morgan fingerprint density at radius 1 is 0.688 bits per heavy atom. The van der Waals surface area contributed by atoms with Gasteiger partial charge < -0.3 is 0 Å². The summed E-state index contributed by atoms with van der Waals surface area (Å²) in [6.45, 7) is 7.57. The predicted molar refractivity (Wildman–Crippen MR) is 65.2 cm³/mol. The van der Waals surface area contributed by atoms with Gasteiger partial charge in [0.25, 0.3) is 0 Å². The van der Waals surface area contributed by atoms with Crippen LogP contribution in [0.4, 0.5) is 0 Å². The molecule has 0 aliphatic heterocycles. The topological polar surface area (TPSA) is 17.1 Å². The molecule has 2 aromatic carbocycles. The first kappa shape index (κ1) is 10.6. The Morgan fingerprint density at radius 3 is 1.31 bits per heavy atom. The average molecular weight is 208 g/mol. The molecule has 0 unspecified atom stereocenters. The van der Waals surface area contributed by atoms with E-state index < -0.39 is 0 Å². The van der Waals surface area contributed by atoms with Crippen LogP contribution in [-0.4, -0.2) is 5.78 Å². The van der Waals surface area contributed by atoms with Gasteiger partial charge in [0.05, 0.1) is 0 Å². The molecule has 1 nitrogen and oxygen atoms in total. The van der Waals surface area contributed by atoms with E-state index in [0.717, 1.165) is 11.1 Å². The van der Waals surface area contributed by atoms with Crippen LogP contribution in [0.15, 0.2) is 48.5 Å². The van der Waals surface area contributed by atoms with E-state index in [4.69, 9.17) is 0 Å². The average Bonchev–Trinajstić information content (AvgIpc) is 2.30. The van der Waals surface area contributed by atoms with Crippen LogP contribution in [0.3, 0.4) is 0 Å². The van der Waals surface area contributed by atoms with Gasteiger partial charge in [-0.2, -0.15) is 0 Å². The molecule has 0 amide bonds. The minimum atomic E-state index is 0.0278. The number of carbonyl (C=O) groups excluding carboxylic acids is 1. The summed E-state index contributed by atoms with van der Waals surface area (Å²) in [4.78, 5) is 12.0. The van der Waals surface area contributed by atoms with E-state index in [1.54, 1.807) is 24.3 Å². The van der Waals surface area contributed by atoms with Crippen molar-refractivity contribution in [1.82, 2.24) is 0 Å². The number of hydrogen-bond acceptors (Lipinski definition) is 1. The molecule has 1 heteroatoms. The molecule has 0 bridgehead atoms. The highest BCUT2D eigenvalue weighted by Gasteiger charge is 2.07. The summed E-state index contributed by atoms with van der Waals surface area (Å²) < 4.78 is 0. The fourth-order valence-corrected chi connectivity index (χ4v) is 1.48. The van der Waals surface area contributed by atoms with Gasteiger partial charge in [-0.15, -0.1) is 0 Å². The Morgan fingerprint density at radius 2 is 1.00 bits per heavy atom. The second kappa shape index (κ2) is 4.31.